The summed E-state index contributed by atoms with van der Waals surface area (Å²) in [7, 11) is -7.32. The lowest BCUT2D eigenvalue weighted by Gasteiger charge is -2.46. The number of carbonyl (C=O) groups excluding carboxylic acids is 1. The topological polar surface area (TPSA) is 131 Å². The summed E-state index contributed by atoms with van der Waals surface area (Å²) < 4.78 is 67.8. The fourth-order valence-electron chi connectivity index (χ4n) is 7.74. The van der Waals surface area contributed by atoms with Gasteiger partial charge in [-0.05, 0) is 105 Å². The second kappa shape index (κ2) is 13.9. The molecule has 2 heterocycles. The molecule has 0 aromatic heterocycles. The third-order valence-corrected chi connectivity index (χ3v) is 13.7. The number of nitrogens with one attached hydrogen (secondary N) is 2. The molecule has 1 spiro atoms. The number of hydrogen-bond donors (Lipinski definition) is 2. The van der Waals surface area contributed by atoms with Gasteiger partial charge >= 0.3 is 0 Å². The third kappa shape index (κ3) is 7.57. The van der Waals surface area contributed by atoms with E-state index >= 15 is 0 Å². The Bertz CT molecular complexity index is 1800. The molecule has 2 bridgehead atoms. The number of sulfonamides is 2. The number of hydrogen-bond acceptors (Lipinski definition) is 8. The average molecular weight is 724 g/mol. The molecule has 48 heavy (non-hydrogen) atoms. The number of allylic oxidation sites excluding steroid dienone is 1. The molecule has 2 aliphatic carbocycles. The van der Waals surface area contributed by atoms with Crippen molar-refractivity contribution in [1.29, 1.82) is 0 Å². The molecule has 1 saturated carbocycles. The molecule has 1 fully saturated rings. The number of ether oxygens (including phenoxy) is 2. The van der Waals surface area contributed by atoms with Crippen LogP contribution in [0.4, 0.5) is 5.69 Å². The van der Waals surface area contributed by atoms with E-state index in [4.69, 9.17) is 21.1 Å². The number of benzene rings is 2. The lowest BCUT2D eigenvalue weighted by atomic mass is 9.68. The Labute approximate surface area is 292 Å². The summed E-state index contributed by atoms with van der Waals surface area (Å²) in [6.07, 6.45) is 10.1. The van der Waals surface area contributed by atoms with Gasteiger partial charge in [0.1, 0.15) is 5.75 Å². The van der Waals surface area contributed by atoms with Crippen molar-refractivity contribution in [2.45, 2.75) is 69.1 Å². The minimum absolute atomic E-state index is 0. The van der Waals surface area contributed by atoms with Gasteiger partial charge < -0.3 is 14.4 Å². The minimum atomic E-state index is -3.98. The van der Waals surface area contributed by atoms with E-state index in [1.807, 2.05) is 25.1 Å². The number of halogens is 1. The van der Waals surface area contributed by atoms with Gasteiger partial charge in [-0.3, -0.25) is 4.79 Å². The molecule has 1 amide bonds. The van der Waals surface area contributed by atoms with Crippen molar-refractivity contribution in [2.24, 2.45) is 17.8 Å². The highest BCUT2D eigenvalue weighted by atomic mass is 35.5. The summed E-state index contributed by atoms with van der Waals surface area (Å²) in [5.41, 5.74) is 3.19. The molecule has 10 nitrogen and oxygen atoms in total. The number of amides is 1. The number of anilines is 1. The molecule has 2 aromatic carbocycles. The Morgan fingerprint density at radius 1 is 1.19 bits per heavy atom. The number of rotatable bonds is 5. The summed E-state index contributed by atoms with van der Waals surface area (Å²) in [6, 6.07) is 11.3. The summed E-state index contributed by atoms with van der Waals surface area (Å²) in [5.74, 6) is 0.168. The van der Waals surface area contributed by atoms with E-state index in [1.54, 1.807) is 25.1 Å². The molecule has 0 saturated heterocycles. The van der Waals surface area contributed by atoms with Gasteiger partial charge in [-0.15, -0.1) is 0 Å². The maximum atomic E-state index is 13.5. The Balaban J connectivity index is 0.00000281. The van der Waals surface area contributed by atoms with Crippen molar-refractivity contribution in [3.8, 4) is 5.75 Å². The van der Waals surface area contributed by atoms with E-state index in [-0.39, 0.29) is 50.8 Å². The van der Waals surface area contributed by atoms with Gasteiger partial charge in [-0.1, -0.05) is 36.7 Å². The van der Waals surface area contributed by atoms with Crippen molar-refractivity contribution >= 4 is 43.2 Å². The molecular weight excluding hydrogens is 674 g/mol. The predicted molar refractivity (Wildman–Crippen MR) is 192 cm³/mol. The van der Waals surface area contributed by atoms with Crippen LogP contribution in [0.3, 0.4) is 0 Å². The molecular formula is C35H50ClN3O7S2. The quantitative estimate of drug-likeness (QED) is 0.314. The molecule has 2 N–H and O–H groups in total. The number of aryl methyl sites for hydroxylation is 1. The Kier molecular flexibility index (Phi) is 10.2. The van der Waals surface area contributed by atoms with Gasteiger partial charge in [0.05, 0.1) is 36.5 Å². The van der Waals surface area contributed by atoms with E-state index in [0.29, 0.717) is 36.9 Å². The van der Waals surface area contributed by atoms with Crippen LogP contribution in [0.2, 0.25) is 5.02 Å². The first-order valence-electron chi connectivity index (χ1n) is 16.8. The molecule has 2 aliphatic heterocycles. The highest BCUT2D eigenvalue weighted by Crippen LogP contribution is 2.47. The Morgan fingerprint density at radius 3 is 2.75 bits per heavy atom. The van der Waals surface area contributed by atoms with E-state index in [1.165, 1.54) is 11.1 Å². The van der Waals surface area contributed by atoms with Crippen LogP contribution < -0.4 is 19.1 Å². The molecule has 0 unspecified atom stereocenters. The van der Waals surface area contributed by atoms with E-state index in [9.17, 15) is 21.6 Å². The van der Waals surface area contributed by atoms with Crippen LogP contribution in [0.1, 0.15) is 70.3 Å². The maximum absolute atomic E-state index is 13.5. The smallest absolute Gasteiger partial charge is 0.264 e. The summed E-state index contributed by atoms with van der Waals surface area (Å²) >= 11 is 6.42. The average Bonchev–Trinajstić information content (AvgIpc) is 3.16. The monoisotopic (exact) mass is 723 g/mol. The molecule has 6 atom stereocenters. The fourth-order valence-corrected chi connectivity index (χ4v) is 9.68. The zero-order valence-corrected chi connectivity index (χ0v) is 30.2. The number of nitrogens with zero attached hydrogens (tertiary/aromatic N) is 1. The maximum Gasteiger partial charge on any atom is 0.264 e. The highest BCUT2D eigenvalue weighted by molar-refractivity contribution is 7.90. The summed E-state index contributed by atoms with van der Waals surface area (Å²) in [6.45, 7) is 5.67. The van der Waals surface area contributed by atoms with E-state index < -0.39 is 31.2 Å². The molecule has 13 heteroatoms. The van der Waals surface area contributed by atoms with Crippen molar-refractivity contribution in [3.05, 3.63) is 70.3 Å². The van der Waals surface area contributed by atoms with Crippen LogP contribution in [0.5, 0.6) is 5.75 Å². The van der Waals surface area contributed by atoms with Crippen LogP contribution in [0.15, 0.2) is 48.6 Å². The second-order valence-electron chi connectivity index (χ2n) is 14.1. The van der Waals surface area contributed by atoms with Crippen LogP contribution in [-0.2, 0) is 36.6 Å². The van der Waals surface area contributed by atoms with Gasteiger partial charge in [0.25, 0.3) is 5.91 Å². The summed E-state index contributed by atoms with van der Waals surface area (Å²) in [5, 5.41) is -0.111. The summed E-state index contributed by atoms with van der Waals surface area (Å²) in [4.78, 5) is 15.8. The zero-order valence-electron chi connectivity index (χ0n) is 27.8. The standard InChI is InChI=1S/C35H46ClN3O7S2.2H2/c1-23-6-4-8-32(45-17-16-37-47(3,41)42)29-12-9-27(29)20-39-21-35(15-5-7-25-18-28(36)11-13-30(25)35)22-46-33-14-10-26(19-31(33)39)34(40)38-48(43,44)24(23)2;;/h4,8,10-11,13-14,18-19,23-24,27,29,32,37H,5-7,9,12,15-17,20-22H2,1-3H3,(H,38,40);2*1H/b8-4+;;/t23-,24+,27-,29+,32-,35-;;/m0../s1. The molecule has 266 valence electrons. The second-order valence-corrected chi connectivity index (χ2v) is 18.4. The zero-order chi connectivity index (χ0) is 34.3. The first-order chi connectivity index (χ1) is 22.7. The lowest BCUT2D eigenvalue weighted by Crippen LogP contribution is -2.50. The molecule has 6 rings (SSSR count). The first kappa shape index (κ1) is 35.2. The Morgan fingerprint density at radius 2 is 2.00 bits per heavy atom. The fraction of sp³-hybridized carbons (Fsp3) is 0.571. The van der Waals surface area contributed by atoms with Crippen LogP contribution in [-0.4, -0.2) is 73.2 Å². The molecule has 0 radical (unpaired) electrons. The first-order valence-corrected chi connectivity index (χ1v) is 20.7. The van der Waals surface area contributed by atoms with E-state index in [0.717, 1.165) is 44.0 Å². The third-order valence-electron chi connectivity index (χ3n) is 10.8. The predicted octanol–water partition coefficient (Wildman–Crippen LogP) is 5.31. The lowest BCUT2D eigenvalue weighted by molar-refractivity contribution is -0.0116. The van der Waals surface area contributed by atoms with Gasteiger partial charge in [0.2, 0.25) is 20.0 Å². The van der Waals surface area contributed by atoms with Crippen molar-refractivity contribution < 1.29 is 34.0 Å². The number of carbonyl (C=O) groups is 1. The van der Waals surface area contributed by atoms with Crippen LogP contribution >= 0.6 is 11.6 Å². The van der Waals surface area contributed by atoms with E-state index in [2.05, 4.69) is 26.5 Å². The van der Waals surface area contributed by atoms with Crippen molar-refractivity contribution in [1.82, 2.24) is 9.44 Å². The minimum Gasteiger partial charge on any atom is -0.490 e. The van der Waals surface area contributed by atoms with Gasteiger partial charge in [-0.25, -0.2) is 26.3 Å². The van der Waals surface area contributed by atoms with Crippen molar-refractivity contribution in [3.63, 3.8) is 0 Å². The normalized spacial score (nSPS) is 31.0. The van der Waals surface area contributed by atoms with Gasteiger partial charge in [0.15, 0.2) is 0 Å². The SMILES string of the molecule is C[C@@H]1[C@@H](C)C/C=C/[C@H](OCCNS(C)(=O)=O)[C@@H]2CC[C@H]2CN2C[C@@]3(CCCc4cc(Cl)ccc43)COc3ccc(cc32)C(=O)NS1(=O)=O.[HH].[HH]. The van der Waals surface area contributed by atoms with Crippen LogP contribution in [0.25, 0.3) is 0 Å². The highest BCUT2D eigenvalue weighted by Gasteiger charge is 2.44. The van der Waals surface area contributed by atoms with Gasteiger partial charge in [-0.2, -0.15) is 0 Å². The number of fused-ring (bicyclic) bond motifs is 4. The van der Waals surface area contributed by atoms with Crippen LogP contribution in [0, 0.1) is 17.8 Å². The van der Waals surface area contributed by atoms with Crippen molar-refractivity contribution in [2.75, 3.05) is 44.0 Å². The molecule has 2 aromatic rings. The Hall–Kier alpha value is -2.64. The molecule has 4 aliphatic rings. The largest absolute Gasteiger partial charge is 0.490 e. The van der Waals surface area contributed by atoms with Gasteiger partial charge in [0, 0.05) is 38.5 Å².